The molecule has 0 spiro atoms. The van der Waals surface area contributed by atoms with Gasteiger partial charge in [-0.2, -0.15) is 4.98 Å². The molecule has 2 aromatic heterocycles. The summed E-state index contributed by atoms with van der Waals surface area (Å²) in [5.74, 6) is 0.356. The standard InChI is InChI=1S/C25H29FN6O3S/c1-16-15-22(32(2)3)31-25(28-16)30-19-10-8-18(9-11-19)29-23(33)21-5-4-14-27-24(21)36(34,35)20-12-6-17(26)7-13-20/h4-7,12-15,18-19H,8-11H2,1-3H3,(H,29,33)(H,28,30,31). The average molecular weight is 513 g/mol. The van der Waals surface area contributed by atoms with Gasteiger partial charge in [0.05, 0.1) is 10.5 Å². The molecule has 1 aliphatic rings. The van der Waals surface area contributed by atoms with E-state index in [1.807, 2.05) is 32.0 Å². The molecule has 9 nitrogen and oxygen atoms in total. The number of pyridine rings is 1. The first-order chi connectivity index (χ1) is 17.1. The summed E-state index contributed by atoms with van der Waals surface area (Å²) >= 11 is 0. The van der Waals surface area contributed by atoms with Gasteiger partial charge >= 0.3 is 0 Å². The van der Waals surface area contributed by atoms with Crippen LogP contribution in [0.4, 0.5) is 16.2 Å². The molecule has 36 heavy (non-hydrogen) atoms. The predicted molar refractivity (Wildman–Crippen MR) is 134 cm³/mol. The van der Waals surface area contributed by atoms with Crippen molar-refractivity contribution in [3.63, 3.8) is 0 Å². The third-order valence-corrected chi connectivity index (χ3v) is 7.82. The van der Waals surface area contributed by atoms with Crippen molar-refractivity contribution in [3.8, 4) is 0 Å². The lowest BCUT2D eigenvalue weighted by molar-refractivity contribution is 0.0922. The number of halogens is 1. The quantitative estimate of drug-likeness (QED) is 0.463. The van der Waals surface area contributed by atoms with Crippen molar-refractivity contribution in [2.45, 2.75) is 54.6 Å². The van der Waals surface area contributed by atoms with Gasteiger partial charge in [-0.1, -0.05) is 0 Å². The molecule has 0 bridgehead atoms. The number of carbonyl (C=O) groups excluding carboxylic acids is 1. The van der Waals surface area contributed by atoms with Crippen molar-refractivity contribution >= 4 is 27.5 Å². The van der Waals surface area contributed by atoms with Crippen LogP contribution in [0.25, 0.3) is 0 Å². The first-order valence-electron chi connectivity index (χ1n) is 11.7. The molecule has 1 amide bonds. The summed E-state index contributed by atoms with van der Waals surface area (Å²) in [6.07, 6.45) is 4.35. The van der Waals surface area contributed by atoms with Crippen molar-refractivity contribution in [1.29, 1.82) is 0 Å². The molecular formula is C25H29FN6O3S. The minimum absolute atomic E-state index is 0.0357. The molecule has 0 unspecified atom stereocenters. The van der Waals surface area contributed by atoms with Crippen LogP contribution < -0.4 is 15.5 Å². The van der Waals surface area contributed by atoms with E-state index in [0.29, 0.717) is 5.95 Å². The van der Waals surface area contributed by atoms with E-state index in [2.05, 4.69) is 25.6 Å². The molecule has 1 saturated carbocycles. The van der Waals surface area contributed by atoms with Gasteiger partial charge in [0, 0.05) is 44.1 Å². The summed E-state index contributed by atoms with van der Waals surface area (Å²) in [5, 5.41) is 6.00. The Kier molecular flexibility index (Phi) is 7.48. The van der Waals surface area contributed by atoms with Crippen LogP contribution >= 0.6 is 0 Å². The third kappa shape index (κ3) is 5.78. The van der Waals surface area contributed by atoms with Crippen molar-refractivity contribution in [2.75, 3.05) is 24.3 Å². The molecule has 190 valence electrons. The highest BCUT2D eigenvalue weighted by Crippen LogP contribution is 2.25. The lowest BCUT2D eigenvalue weighted by Crippen LogP contribution is -2.40. The van der Waals surface area contributed by atoms with Gasteiger partial charge in [0.2, 0.25) is 15.8 Å². The second-order valence-corrected chi connectivity index (χ2v) is 10.9. The second kappa shape index (κ2) is 10.6. The fraction of sp³-hybridized carbons (Fsp3) is 0.360. The Balaban J connectivity index is 1.41. The second-order valence-electron chi connectivity index (χ2n) is 9.07. The minimum atomic E-state index is -4.09. The highest BCUT2D eigenvalue weighted by molar-refractivity contribution is 7.91. The highest BCUT2D eigenvalue weighted by Gasteiger charge is 2.28. The number of hydrogen-bond acceptors (Lipinski definition) is 8. The van der Waals surface area contributed by atoms with E-state index >= 15 is 0 Å². The normalized spacial score (nSPS) is 17.9. The number of aromatic nitrogens is 3. The SMILES string of the molecule is Cc1cc(N(C)C)nc(NC2CCC(NC(=O)c3cccnc3S(=O)(=O)c3ccc(F)cc3)CC2)n1. The molecule has 2 heterocycles. The van der Waals surface area contributed by atoms with Gasteiger partial charge in [0.25, 0.3) is 5.91 Å². The Labute approximate surface area is 210 Å². The number of hydrogen-bond donors (Lipinski definition) is 2. The van der Waals surface area contributed by atoms with Gasteiger partial charge in [0.15, 0.2) is 5.03 Å². The number of rotatable bonds is 7. The van der Waals surface area contributed by atoms with Gasteiger partial charge in [-0.25, -0.2) is 22.8 Å². The lowest BCUT2D eigenvalue weighted by atomic mass is 9.91. The number of carbonyl (C=O) groups is 1. The molecular weight excluding hydrogens is 483 g/mol. The van der Waals surface area contributed by atoms with E-state index in [1.54, 1.807) is 0 Å². The molecule has 1 aromatic carbocycles. The van der Waals surface area contributed by atoms with Crippen molar-refractivity contribution in [1.82, 2.24) is 20.3 Å². The molecule has 0 aliphatic heterocycles. The van der Waals surface area contributed by atoms with E-state index in [-0.39, 0.29) is 27.6 Å². The number of nitrogens with one attached hydrogen (secondary N) is 2. The van der Waals surface area contributed by atoms with Crippen LogP contribution in [0.15, 0.2) is 58.6 Å². The Morgan fingerprint density at radius 1 is 1.03 bits per heavy atom. The fourth-order valence-corrected chi connectivity index (χ4v) is 5.54. The Morgan fingerprint density at radius 3 is 2.36 bits per heavy atom. The van der Waals surface area contributed by atoms with E-state index in [9.17, 15) is 17.6 Å². The van der Waals surface area contributed by atoms with Crippen LogP contribution in [0, 0.1) is 12.7 Å². The molecule has 2 N–H and O–H groups in total. The van der Waals surface area contributed by atoms with Gasteiger partial charge < -0.3 is 15.5 Å². The third-order valence-electron chi connectivity index (χ3n) is 6.09. The van der Waals surface area contributed by atoms with E-state index in [0.717, 1.165) is 61.5 Å². The summed E-state index contributed by atoms with van der Waals surface area (Å²) in [6.45, 7) is 1.93. The molecule has 1 aliphatic carbocycles. The van der Waals surface area contributed by atoms with Gasteiger partial charge in [-0.15, -0.1) is 0 Å². The molecule has 3 aromatic rings. The summed E-state index contributed by atoms with van der Waals surface area (Å²) < 4.78 is 39.4. The predicted octanol–water partition coefficient (Wildman–Crippen LogP) is 3.37. The molecule has 11 heteroatoms. The van der Waals surface area contributed by atoms with Crippen LogP contribution in [0.5, 0.6) is 0 Å². The maximum absolute atomic E-state index is 13.3. The van der Waals surface area contributed by atoms with Crippen molar-refractivity contribution in [3.05, 3.63) is 65.7 Å². The number of anilines is 2. The van der Waals surface area contributed by atoms with Crippen LogP contribution in [-0.4, -0.2) is 55.5 Å². The van der Waals surface area contributed by atoms with Crippen LogP contribution in [-0.2, 0) is 9.84 Å². The van der Waals surface area contributed by atoms with Crippen LogP contribution in [0.1, 0.15) is 41.7 Å². The van der Waals surface area contributed by atoms with Gasteiger partial charge in [-0.05, 0) is 69.0 Å². The lowest BCUT2D eigenvalue weighted by Gasteiger charge is -2.30. The van der Waals surface area contributed by atoms with E-state index < -0.39 is 21.6 Å². The maximum atomic E-state index is 13.3. The summed E-state index contributed by atoms with van der Waals surface area (Å²) in [5.41, 5.74) is 0.839. The Morgan fingerprint density at radius 2 is 1.69 bits per heavy atom. The Bertz CT molecular complexity index is 1340. The van der Waals surface area contributed by atoms with Crippen molar-refractivity contribution in [2.24, 2.45) is 0 Å². The Hall–Kier alpha value is -3.60. The molecule has 0 atom stereocenters. The van der Waals surface area contributed by atoms with Crippen molar-refractivity contribution < 1.29 is 17.6 Å². The van der Waals surface area contributed by atoms with Crippen LogP contribution in [0.3, 0.4) is 0 Å². The van der Waals surface area contributed by atoms with Gasteiger partial charge in [-0.3, -0.25) is 4.79 Å². The first kappa shape index (κ1) is 25.5. The zero-order valence-corrected chi connectivity index (χ0v) is 21.2. The number of sulfone groups is 1. The summed E-state index contributed by atoms with van der Waals surface area (Å²) in [6, 6.07) is 9.38. The highest BCUT2D eigenvalue weighted by atomic mass is 32.2. The number of amides is 1. The molecule has 0 saturated heterocycles. The number of aryl methyl sites for hydroxylation is 1. The molecule has 4 rings (SSSR count). The summed E-state index contributed by atoms with van der Waals surface area (Å²) in [7, 11) is -0.238. The smallest absolute Gasteiger partial charge is 0.254 e. The van der Waals surface area contributed by atoms with Crippen LogP contribution in [0.2, 0.25) is 0 Å². The zero-order chi connectivity index (χ0) is 25.9. The van der Waals surface area contributed by atoms with E-state index in [4.69, 9.17) is 0 Å². The molecule has 1 fully saturated rings. The maximum Gasteiger partial charge on any atom is 0.254 e. The van der Waals surface area contributed by atoms with E-state index in [1.165, 1.54) is 18.3 Å². The fourth-order valence-electron chi connectivity index (χ4n) is 4.18. The first-order valence-corrected chi connectivity index (χ1v) is 13.2. The minimum Gasteiger partial charge on any atom is -0.363 e. The monoisotopic (exact) mass is 512 g/mol. The average Bonchev–Trinajstić information content (AvgIpc) is 2.85. The summed E-state index contributed by atoms with van der Waals surface area (Å²) in [4.78, 5) is 27.9. The number of benzene rings is 1. The van der Waals surface area contributed by atoms with Gasteiger partial charge in [0.1, 0.15) is 11.6 Å². The zero-order valence-electron chi connectivity index (χ0n) is 20.4. The number of nitrogens with zero attached hydrogens (tertiary/aromatic N) is 4. The topological polar surface area (TPSA) is 117 Å². The largest absolute Gasteiger partial charge is 0.363 e. The molecule has 0 radical (unpaired) electrons.